The van der Waals surface area contributed by atoms with Crippen molar-refractivity contribution in [3.8, 4) is 11.1 Å². The Morgan fingerprint density at radius 3 is 2.49 bits per heavy atom. The predicted molar refractivity (Wildman–Crippen MR) is 216 cm³/mol. The molecule has 4 N–H and O–H groups in total. The molecule has 5 aromatic rings. The number of anilines is 3. The van der Waals surface area contributed by atoms with Crippen LogP contribution in [0.1, 0.15) is 65.2 Å². The maximum Gasteiger partial charge on any atom is 0.306 e. The Balaban J connectivity index is 0.959. The second kappa shape index (κ2) is 15.7. The molecule has 8 rings (SSSR count). The van der Waals surface area contributed by atoms with E-state index in [2.05, 4.69) is 45.6 Å². The van der Waals surface area contributed by atoms with Gasteiger partial charge in [-0.1, -0.05) is 48.0 Å². The molecule has 0 unspecified atom stereocenters. The highest BCUT2D eigenvalue weighted by atomic mass is 35.5. The summed E-state index contributed by atoms with van der Waals surface area (Å²) >= 11 is 7.07. The van der Waals surface area contributed by atoms with Crippen molar-refractivity contribution in [3.05, 3.63) is 100 Å². The lowest BCUT2D eigenvalue weighted by atomic mass is 9.81. The van der Waals surface area contributed by atoms with E-state index in [1.807, 2.05) is 60.3 Å². The molecule has 2 aliphatic heterocycles. The fourth-order valence-corrected chi connectivity index (χ4v) is 9.02. The summed E-state index contributed by atoms with van der Waals surface area (Å²) in [4.78, 5) is 39.3. The van der Waals surface area contributed by atoms with Crippen LogP contribution in [0.3, 0.4) is 0 Å². The zero-order valence-electron chi connectivity index (χ0n) is 31.4. The average molecular weight is 762 g/mol. The number of nitrogens with zero attached hydrogens (tertiary/aromatic N) is 5. The van der Waals surface area contributed by atoms with Gasteiger partial charge in [-0.2, -0.15) is 0 Å². The monoisotopic (exact) mass is 761 g/mol. The zero-order valence-corrected chi connectivity index (χ0v) is 32.1. The van der Waals surface area contributed by atoms with E-state index in [1.54, 1.807) is 0 Å². The number of amides is 1. The van der Waals surface area contributed by atoms with E-state index in [0.29, 0.717) is 35.5 Å². The molecule has 0 bridgehead atoms. The fourth-order valence-electron chi connectivity index (χ4n) is 8.74. The van der Waals surface area contributed by atoms with Crippen LogP contribution in [0.2, 0.25) is 5.02 Å². The topological polar surface area (TPSA) is 136 Å². The van der Waals surface area contributed by atoms with Gasteiger partial charge >= 0.3 is 5.97 Å². The van der Waals surface area contributed by atoms with Gasteiger partial charge in [0, 0.05) is 81.3 Å². The second-order valence-corrected chi connectivity index (χ2v) is 15.9. The summed E-state index contributed by atoms with van der Waals surface area (Å²) in [6.07, 6.45) is 6.57. The number of carboxylic acid groups (broad SMARTS) is 1. The van der Waals surface area contributed by atoms with Crippen LogP contribution in [0.25, 0.3) is 21.9 Å². The molecule has 1 amide bonds. The minimum absolute atomic E-state index is 0.211. The Morgan fingerprint density at radius 2 is 1.73 bits per heavy atom. The van der Waals surface area contributed by atoms with Gasteiger partial charge in [0.1, 0.15) is 5.82 Å². The number of carboxylic acids is 1. The number of likely N-dealkylation sites (tertiary alicyclic amines) is 1. The predicted octanol–water partition coefficient (Wildman–Crippen LogP) is 7.41. The maximum atomic E-state index is 13.7. The lowest BCUT2D eigenvalue weighted by molar-refractivity contribution is -0.143. The number of hydrogen-bond donors (Lipinski definition) is 4. The number of nitrogens with one attached hydrogen (secondary N) is 2. The normalized spacial score (nSPS) is 20.4. The van der Waals surface area contributed by atoms with Crippen LogP contribution >= 0.6 is 11.6 Å². The standard InChI is InChI=1S/C43H48ClN7O4/c1-26-32(5-3-7-35(26)46-40-33-14-11-28(21-30(33)15-18-45-40)23-50-19-16-31(52)24-50)34-6-4-8-36(39(34)44)48-42(53)41-47-37-25-51(20-17-38(37)49(41)2)22-27-9-12-29(13-10-27)43(54)55/h3-8,11,14-15,18,21,27,29,31,52H,9-10,12-13,16-17,19-20,22-25H2,1-2H3,(H,45,46)(H,48,53)(H,54,55)/t27?,29?,31-/m0/s1. The van der Waals surface area contributed by atoms with Crippen LogP contribution in [0, 0.1) is 18.8 Å². The van der Waals surface area contributed by atoms with Gasteiger partial charge in [0.05, 0.1) is 28.4 Å². The molecule has 3 aromatic carbocycles. The molecule has 11 nitrogen and oxygen atoms in total. The van der Waals surface area contributed by atoms with E-state index in [0.717, 1.165) is 115 Å². The van der Waals surface area contributed by atoms with Gasteiger partial charge < -0.3 is 25.4 Å². The Hall–Kier alpha value is -4.81. The Morgan fingerprint density at radius 1 is 0.945 bits per heavy atom. The molecule has 2 fully saturated rings. The van der Waals surface area contributed by atoms with E-state index < -0.39 is 5.97 Å². The number of aliphatic carboxylic acids is 1. The van der Waals surface area contributed by atoms with Crippen LogP contribution in [0.15, 0.2) is 66.9 Å². The number of aliphatic hydroxyl groups excluding tert-OH is 1. The van der Waals surface area contributed by atoms with Crippen molar-refractivity contribution in [2.75, 3.05) is 36.8 Å². The highest BCUT2D eigenvalue weighted by molar-refractivity contribution is 6.36. The molecular weight excluding hydrogens is 714 g/mol. The van der Waals surface area contributed by atoms with Crippen LogP contribution < -0.4 is 10.6 Å². The van der Waals surface area contributed by atoms with E-state index in [4.69, 9.17) is 21.6 Å². The minimum Gasteiger partial charge on any atom is -0.481 e. The first kappa shape index (κ1) is 37.1. The number of aliphatic hydroxyl groups is 1. The first-order valence-corrected chi connectivity index (χ1v) is 19.7. The summed E-state index contributed by atoms with van der Waals surface area (Å²) in [6.45, 7) is 6.96. The largest absolute Gasteiger partial charge is 0.481 e. The number of β-amino-alcohol motifs (C(OH)–C–C–N with tert-alkyl or cyclic N) is 1. The van der Waals surface area contributed by atoms with Crippen molar-refractivity contribution >= 4 is 51.4 Å². The van der Waals surface area contributed by atoms with Gasteiger partial charge in [-0.25, -0.2) is 9.97 Å². The third-order valence-electron chi connectivity index (χ3n) is 11.9. The van der Waals surface area contributed by atoms with Gasteiger partial charge in [-0.15, -0.1) is 0 Å². The SMILES string of the molecule is Cc1c(Nc2nccc3cc(CN4CC[C@H](O)C4)ccc23)cccc1-c1cccc(NC(=O)c2nc3c(n2C)CCN(CC2CCC(C(=O)O)CC2)C3)c1Cl. The highest BCUT2D eigenvalue weighted by Gasteiger charge is 2.30. The third kappa shape index (κ3) is 7.84. The third-order valence-corrected chi connectivity index (χ3v) is 12.3. The fraction of sp³-hybridized carbons (Fsp3) is 0.395. The first-order chi connectivity index (χ1) is 26.6. The van der Waals surface area contributed by atoms with Crippen molar-refractivity contribution in [2.24, 2.45) is 18.9 Å². The van der Waals surface area contributed by atoms with Gasteiger partial charge in [0.15, 0.2) is 5.82 Å². The maximum absolute atomic E-state index is 13.7. The molecule has 0 radical (unpaired) electrons. The van der Waals surface area contributed by atoms with Crippen LogP contribution in [0.4, 0.5) is 17.2 Å². The number of halogens is 1. The van der Waals surface area contributed by atoms with Gasteiger partial charge in [0.25, 0.3) is 5.91 Å². The lowest BCUT2D eigenvalue weighted by Gasteiger charge is -2.33. The first-order valence-electron chi connectivity index (χ1n) is 19.4. The molecule has 2 aromatic heterocycles. The Kier molecular flexibility index (Phi) is 10.6. The summed E-state index contributed by atoms with van der Waals surface area (Å²) in [6, 6.07) is 20.2. The van der Waals surface area contributed by atoms with Crippen molar-refractivity contribution in [3.63, 3.8) is 0 Å². The molecule has 1 atom stereocenters. The van der Waals surface area contributed by atoms with E-state index in [1.165, 1.54) is 5.56 Å². The number of benzene rings is 3. The number of imidazole rings is 1. The van der Waals surface area contributed by atoms with E-state index >= 15 is 0 Å². The van der Waals surface area contributed by atoms with Crippen LogP contribution in [-0.2, 0) is 31.4 Å². The number of carbonyl (C=O) groups is 2. The molecule has 3 aliphatic rings. The summed E-state index contributed by atoms with van der Waals surface area (Å²) in [7, 11) is 1.90. The number of pyridine rings is 1. The van der Waals surface area contributed by atoms with Gasteiger partial charge in [0.2, 0.25) is 0 Å². The number of aromatic nitrogens is 3. The molecule has 286 valence electrons. The summed E-state index contributed by atoms with van der Waals surface area (Å²) in [5.74, 6) is 0.400. The Labute approximate surface area is 326 Å². The minimum atomic E-state index is -0.674. The van der Waals surface area contributed by atoms with Crippen molar-refractivity contribution < 1.29 is 19.8 Å². The number of hydrogen-bond acceptors (Lipinski definition) is 8. The number of fused-ring (bicyclic) bond motifs is 2. The molecule has 4 heterocycles. The zero-order chi connectivity index (χ0) is 38.2. The molecule has 1 saturated heterocycles. The van der Waals surface area contributed by atoms with E-state index in [-0.39, 0.29) is 17.9 Å². The molecule has 55 heavy (non-hydrogen) atoms. The number of carbonyl (C=O) groups excluding carboxylic acids is 1. The molecule has 1 aliphatic carbocycles. The lowest BCUT2D eigenvalue weighted by Crippen LogP contribution is -2.36. The van der Waals surface area contributed by atoms with Gasteiger partial charge in [-0.05, 0) is 91.3 Å². The quantitative estimate of drug-likeness (QED) is 0.115. The van der Waals surface area contributed by atoms with Crippen LogP contribution in [0.5, 0.6) is 0 Å². The smallest absolute Gasteiger partial charge is 0.306 e. The number of rotatable bonds is 10. The van der Waals surface area contributed by atoms with Crippen LogP contribution in [-0.4, -0.2) is 78.7 Å². The molecule has 12 heteroatoms. The second-order valence-electron chi connectivity index (χ2n) is 15.5. The van der Waals surface area contributed by atoms with Crippen molar-refractivity contribution in [1.82, 2.24) is 24.3 Å². The van der Waals surface area contributed by atoms with Crippen molar-refractivity contribution in [1.29, 1.82) is 0 Å². The summed E-state index contributed by atoms with van der Waals surface area (Å²) in [5.41, 5.74) is 7.34. The average Bonchev–Trinajstić information content (AvgIpc) is 3.74. The Bertz CT molecular complexity index is 2250. The molecule has 1 saturated carbocycles. The highest BCUT2D eigenvalue weighted by Crippen LogP contribution is 2.39. The summed E-state index contributed by atoms with van der Waals surface area (Å²) < 4.78 is 1.90. The van der Waals surface area contributed by atoms with Gasteiger partial charge in [-0.3, -0.25) is 19.4 Å². The van der Waals surface area contributed by atoms with Crippen molar-refractivity contribution in [2.45, 2.75) is 64.6 Å². The summed E-state index contributed by atoms with van der Waals surface area (Å²) in [5, 5.41) is 28.5. The van der Waals surface area contributed by atoms with E-state index in [9.17, 15) is 19.8 Å². The molecule has 0 spiro atoms. The molecular formula is C43H48ClN7O4.